The van der Waals surface area contributed by atoms with E-state index >= 15 is 0 Å². The van der Waals surface area contributed by atoms with Crippen LogP contribution in [0.2, 0.25) is 0 Å². The molecule has 1 heterocycles. The zero-order valence-electron chi connectivity index (χ0n) is 10.9. The number of carbonyl (C=O) groups is 3. The number of likely N-dealkylation sites (tertiary alicyclic amines) is 1. The van der Waals surface area contributed by atoms with Crippen molar-refractivity contribution >= 4 is 17.8 Å². The zero-order valence-corrected chi connectivity index (χ0v) is 10.9. The molecule has 0 aromatic heterocycles. The summed E-state index contributed by atoms with van der Waals surface area (Å²) in [7, 11) is 0. The van der Waals surface area contributed by atoms with Gasteiger partial charge in [0.15, 0.2) is 0 Å². The average Bonchev–Trinajstić information content (AvgIpc) is 2.78. The van der Waals surface area contributed by atoms with Crippen LogP contribution in [-0.4, -0.2) is 47.4 Å². The highest BCUT2D eigenvalue weighted by atomic mass is 16.4. The van der Waals surface area contributed by atoms with Gasteiger partial charge >= 0.3 is 5.97 Å². The summed E-state index contributed by atoms with van der Waals surface area (Å²) in [5.41, 5.74) is -1.11. The molecule has 0 bridgehead atoms. The van der Waals surface area contributed by atoms with Crippen LogP contribution in [0.3, 0.4) is 0 Å². The summed E-state index contributed by atoms with van der Waals surface area (Å²) < 4.78 is 0. The molecule has 0 unspecified atom stereocenters. The van der Waals surface area contributed by atoms with Crippen molar-refractivity contribution in [2.24, 2.45) is 5.41 Å². The first kappa shape index (κ1) is 14.5. The molecular formula is C12H20N2O4. The van der Waals surface area contributed by atoms with Crippen LogP contribution in [0.15, 0.2) is 0 Å². The second kappa shape index (κ2) is 5.84. The summed E-state index contributed by atoms with van der Waals surface area (Å²) in [6.45, 7) is 4.41. The van der Waals surface area contributed by atoms with E-state index in [1.165, 1.54) is 13.8 Å². The van der Waals surface area contributed by atoms with Crippen LogP contribution in [0.25, 0.3) is 0 Å². The van der Waals surface area contributed by atoms with Crippen molar-refractivity contribution in [3.05, 3.63) is 0 Å². The summed E-state index contributed by atoms with van der Waals surface area (Å²) in [6.07, 6.45) is 1.88. The quantitative estimate of drug-likeness (QED) is 0.737. The van der Waals surface area contributed by atoms with E-state index in [1.54, 1.807) is 4.90 Å². The maximum absolute atomic E-state index is 11.6. The Morgan fingerprint density at radius 2 is 1.78 bits per heavy atom. The van der Waals surface area contributed by atoms with E-state index in [1.807, 2.05) is 0 Å². The first-order chi connectivity index (χ1) is 8.33. The summed E-state index contributed by atoms with van der Waals surface area (Å²) in [4.78, 5) is 35.7. The van der Waals surface area contributed by atoms with E-state index in [-0.39, 0.29) is 18.9 Å². The van der Waals surface area contributed by atoms with Gasteiger partial charge in [0.2, 0.25) is 11.8 Å². The Morgan fingerprint density at radius 1 is 1.22 bits per heavy atom. The molecule has 1 saturated heterocycles. The number of carboxylic acids is 1. The van der Waals surface area contributed by atoms with Crippen LogP contribution < -0.4 is 5.32 Å². The third kappa shape index (κ3) is 4.01. The van der Waals surface area contributed by atoms with Gasteiger partial charge in [-0.15, -0.1) is 0 Å². The van der Waals surface area contributed by atoms with Gasteiger partial charge in [-0.2, -0.15) is 0 Å². The number of hydrogen-bond acceptors (Lipinski definition) is 3. The van der Waals surface area contributed by atoms with E-state index in [2.05, 4.69) is 5.32 Å². The Hall–Kier alpha value is -1.59. The van der Waals surface area contributed by atoms with Crippen LogP contribution in [0.4, 0.5) is 0 Å². The first-order valence-corrected chi connectivity index (χ1v) is 6.11. The average molecular weight is 256 g/mol. The molecule has 0 aromatic rings. The molecule has 2 amide bonds. The maximum atomic E-state index is 11.6. The van der Waals surface area contributed by atoms with Gasteiger partial charge in [-0.05, 0) is 26.7 Å². The van der Waals surface area contributed by atoms with Gasteiger partial charge in [0.05, 0.1) is 12.0 Å². The molecule has 2 N–H and O–H groups in total. The number of carbonyl (C=O) groups excluding carboxylic acids is 2. The SMILES string of the molecule is CC(C)(CC(=O)NCC(=O)N1CCCC1)C(=O)O. The molecule has 0 saturated carbocycles. The van der Waals surface area contributed by atoms with Gasteiger partial charge in [-0.1, -0.05) is 0 Å². The lowest BCUT2D eigenvalue weighted by atomic mass is 9.89. The van der Waals surface area contributed by atoms with Crippen molar-refractivity contribution in [2.75, 3.05) is 19.6 Å². The number of amides is 2. The summed E-state index contributed by atoms with van der Waals surface area (Å²) in [5, 5.41) is 11.4. The fraction of sp³-hybridized carbons (Fsp3) is 0.750. The first-order valence-electron chi connectivity index (χ1n) is 6.11. The smallest absolute Gasteiger partial charge is 0.309 e. The number of nitrogens with zero attached hydrogens (tertiary/aromatic N) is 1. The fourth-order valence-corrected chi connectivity index (χ4v) is 1.79. The lowest BCUT2D eigenvalue weighted by Gasteiger charge is -2.19. The fourth-order valence-electron chi connectivity index (χ4n) is 1.79. The number of aliphatic carboxylic acids is 1. The van der Waals surface area contributed by atoms with Crippen molar-refractivity contribution < 1.29 is 19.5 Å². The molecule has 1 aliphatic heterocycles. The highest BCUT2D eigenvalue weighted by Crippen LogP contribution is 2.19. The van der Waals surface area contributed by atoms with E-state index in [9.17, 15) is 14.4 Å². The number of nitrogens with one attached hydrogen (secondary N) is 1. The van der Waals surface area contributed by atoms with E-state index in [4.69, 9.17) is 5.11 Å². The second-order valence-corrected chi connectivity index (χ2v) is 5.23. The zero-order chi connectivity index (χ0) is 13.8. The largest absolute Gasteiger partial charge is 0.481 e. The van der Waals surface area contributed by atoms with Crippen molar-refractivity contribution in [3.63, 3.8) is 0 Å². The maximum Gasteiger partial charge on any atom is 0.309 e. The van der Waals surface area contributed by atoms with Crippen LogP contribution in [-0.2, 0) is 14.4 Å². The van der Waals surface area contributed by atoms with Crippen LogP contribution >= 0.6 is 0 Å². The molecular weight excluding hydrogens is 236 g/mol. The molecule has 1 aliphatic rings. The minimum absolute atomic E-state index is 0.0471. The standard InChI is InChI=1S/C12H20N2O4/c1-12(2,11(17)18)7-9(15)13-8-10(16)14-5-3-4-6-14/h3-8H2,1-2H3,(H,13,15)(H,17,18). The minimum Gasteiger partial charge on any atom is -0.481 e. The molecule has 6 nitrogen and oxygen atoms in total. The molecule has 6 heteroatoms. The molecule has 1 rings (SSSR count). The van der Waals surface area contributed by atoms with Gasteiger partial charge in [-0.3, -0.25) is 14.4 Å². The van der Waals surface area contributed by atoms with Gasteiger partial charge in [-0.25, -0.2) is 0 Å². The third-order valence-corrected chi connectivity index (χ3v) is 3.08. The Morgan fingerprint density at radius 3 is 2.28 bits per heavy atom. The number of hydrogen-bond donors (Lipinski definition) is 2. The summed E-state index contributed by atoms with van der Waals surface area (Å²) >= 11 is 0. The predicted molar refractivity (Wildman–Crippen MR) is 64.9 cm³/mol. The molecule has 102 valence electrons. The van der Waals surface area contributed by atoms with E-state index in [0.29, 0.717) is 0 Å². The van der Waals surface area contributed by atoms with E-state index < -0.39 is 17.3 Å². The Labute approximate surface area is 106 Å². The lowest BCUT2D eigenvalue weighted by molar-refractivity contribution is -0.149. The molecule has 18 heavy (non-hydrogen) atoms. The Kier molecular flexibility index (Phi) is 4.69. The molecule has 0 radical (unpaired) electrons. The van der Waals surface area contributed by atoms with Gasteiger partial charge in [0, 0.05) is 19.5 Å². The van der Waals surface area contributed by atoms with Crippen LogP contribution in [0.5, 0.6) is 0 Å². The summed E-state index contributed by atoms with van der Waals surface area (Å²) in [5.74, 6) is -1.53. The van der Waals surface area contributed by atoms with Crippen molar-refractivity contribution in [3.8, 4) is 0 Å². The highest BCUT2D eigenvalue weighted by molar-refractivity contribution is 5.88. The predicted octanol–water partition coefficient (Wildman–Crippen LogP) is 0.226. The minimum atomic E-state index is -1.11. The molecule has 0 spiro atoms. The van der Waals surface area contributed by atoms with Gasteiger partial charge in [0.1, 0.15) is 0 Å². The normalized spacial score (nSPS) is 15.6. The second-order valence-electron chi connectivity index (χ2n) is 5.23. The summed E-state index contributed by atoms with van der Waals surface area (Å²) in [6, 6.07) is 0. The van der Waals surface area contributed by atoms with Crippen molar-refractivity contribution in [1.82, 2.24) is 10.2 Å². The Balaban J connectivity index is 2.32. The number of carboxylic acid groups (broad SMARTS) is 1. The molecule has 0 aliphatic carbocycles. The van der Waals surface area contributed by atoms with Gasteiger partial charge in [0.25, 0.3) is 0 Å². The van der Waals surface area contributed by atoms with Crippen molar-refractivity contribution in [2.45, 2.75) is 33.1 Å². The van der Waals surface area contributed by atoms with Crippen molar-refractivity contribution in [1.29, 1.82) is 0 Å². The van der Waals surface area contributed by atoms with E-state index in [0.717, 1.165) is 25.9 Å². The molecule has 0 aromatic carbocycles. The van der Waals surface area contributed by atoms with Crippen LogP contribution in [0, 0.1) is 5.41 Å². The van der Waals surface area contributed by atoms with Crippen LogP contribution in [0.1, 0.15) is 33.1 Å². The van der Waals surface area contributed by atoms with Gasteiger partial charge < -0.3 is 15.3 Å². The number of rotatable bonds is 5. The molecule has 1 fully saturated rings. The Bertz CT molecular complexity index is 346. The monoisotopic (exact) mass is 256 g/mol. The molecule has 0 atom stereocenters. The highest BCUT2D eigenvalue weighted by Gasteiger charge is 2.30. The topological polar surface area (TPSA) is 86.7 Å². The lowest BCUT2D eigenvalue weighted by Crippen LogP contribution is -2.40. The third-order valence-electron chi connectivity index (χ3n) is 3.08.